The Morgan fingerprint density at radius 3 is 2.71 bits per heavy atom. The SMILES string of the molecule is Cc1ccc(/C(N)=N\OCC(=O)N[C@@H](C)[C@@H]2C[C@@H]3CC[C@@H]2C3)cc1. The average molecular weight is 329 g/mol. The van der Waals surface area contributed by atoms with Crippen molar-refractivity contribution in [2.24, 2.45) is 28.6 Å². The number of oxime groups is 1. The highest BCUT2D eigenvalue weighted by atomic mass is 16.6. The van der Waals surface area contributed by atoms with E-state index in [4.69, 9.17) is 10.6 Å². The van der Waals surface area contributed by atoms with E-state index in [-0.39, 0.29) is 24.4 Å². The molecule has 0 unspecified atom stereocenters. The average Bonchev–Trinajstić information content (AvgIpc) is 3.18. The summed E-state index contributed by atoms with van der Waals surface area (Å²) >= 11 is 0. The molecule has 2 fully saturated rings. The second kappa shape index (κ2) is 7.24. The fraction of sp³-hybridized carbons (Fsp3) is 0.579. The number of fused-ring (bicyclic) bond motifs is 2. The molecule has 2 aliphatic rings. The minimum Gasteiger partial charge on any atom is -0.384 e. The lowest BCUT2D eigenvalue weighted by Crippen LogP contribution is -2.41. The van der Waals surface area contributed by atoms with Crippen molar-refractivity contribution in [3.63, 3.8) is 0 Å². The molecule has 4 atom stereocenters. The van der Waals surface area contributed by atoms with Crippen molar-refractivity contribution in [2.45, 2.75) is 45.6 Å². The summed E-state index contributed by atoms with van der Waals surface area (Å²) in [6, 6.07) is 7.89. The van der Waals surface area contributed by atoms with Crippen LogP contribution < -0.4 is 11.1 Å². The third-order valence-corrected chi connectivity index (χ3v) is 5.53. The molecule has 0 heterocycles. The van der Waals surface area contributed by atoms with E-state index >= 15 is 0 Å². The van der Waals surface area contributed by atoms with Crippen molar-refractivity contribution in [3.8, 4) is 0 Å². The maximum Gasteiger partial charge on any atom is 0.260 e. The van der Waals surface area contributed by atoms with Crippen molar-refractivity contribution >= 4 is 11.7 Å². The van der Waals surface area contributed by atoms with Crippen LogP contribution in [0.25, 0.3) is 0 Å². The number of amidine groups is 1. The van der Waals surface area contributed by atoms with Gasteiger partial charge in [0, 0.05) is 11.6 Å². The molecule has 0 saturated heterocycles. The lowest BCUT2D eigenvalue weighted by atomic mass is 9.84. The summed E-state index contributed by atoms with van der Waals surface area (Å²) in [6.07, 6.45) is 5.30. The summed E-state index contributed by atoms with van der Waals surface area (Å²) in [5.74, 6) is 2.44. The molecule has 0 aliphatic heterocycles. The van der Waals surface area contributed by atoms with Crippen molar-refractivity contribution < 1.29 is 9.63 Å². The number of nitrogens with zero attached hydrogens (tertiary/aromatic N) is 1. The summed E-state index contributed by atoms with van der Waals surface area (Å²) in [5, 5.41) is 6.89. The number of nitrogens with one attached hydrogen (secondary N) is 1. The molecule has 2 saturated carbocycles. The number of benzene rings is 1. The molecular weight excluding hydrogens is 302 g/mol. The first kappa shape index (κ1) is 16.8. The van der Waals surface area contributed by atoms with Crippen LogP contribution >= 0.6 is 0 Å². The summed E-state index contributed by atoms with van der Waals surface area (Å²) in [6.45, 7) is 4.01. The van der Waals surface area contributed by atoms with E-state index in [1.807, 2.05) is 31.2 Å². The van der Waals surface area contributed by atoms with Gasteiger partial charge in [0.25, 0.3) is 5.91 Å². The molecule has 0 spiro atoms. The van der Waals surface area contributed by atoms with E-state index in [1.54, 1.807) is 0 Å². The minimum atomic E-state index is -0.134. The van der Waals surface area contributed by atoms with Gasteiger partial charge in [-0.2, -0.15) is 0 Å². The molecule has 24 heavy (non-hydrogen) atoms. The van der Waals surface area contributed by atoms with Gasteiger partial charge in [-0.15, -0.1) is 0 Å². The van der Waals surface area contributed by atoms with Gasteiger partial charge in [0.1, 0.15) is 0 Å². The number of nitrogens with two attached hydrogens (primary N) is 1. The van der Waals surface area contributed by atoms with Gasteiger partial charge in [-0.25, -0.2) is 0 Å². The first-order valence-corrected chi connectivity index (χ1v) is 8.84. The van der Waals surface area contributed by atoms with E-state index in [0.717, 1.165) is 23.0 Å². The van der Waals surface area contributed by atoms with Gasteiger partial charge in [-0.05, 0) is 50.9 Å². The van der Waals surface area contributed by atoms with Gasteiger partial charge in [0.2, 0.25) is 0 Å². The fourth-order valence-electron chi connectivity index (χ4n) is 4.25. The zero-order valence-corrected chi connectivity index (χ0v) is 14.5. The Labute approximate surface area is 143 Å². The van der Waals surface area contributed by atoms with Crippen molar-refractivity contribution in [2.75, 3.05) is 6.61 Å². The van der Waals surface area contributed by atoms with Crippen LogP contribution in [0, 0.1) is 24.7 Å². The van der Waals surface area contributed by atoms with Crippen molar-refractivity contribution in [3.05, 3.63) is 35.4 Å². The first-order chi connectivity index (χ1) is 11.5. The number of hydrogen-bond acceptors (Lipinski definition) is 3. The van der Waals surface area contributed by atoms with E-state index < -0.39 is 0 Å². The Kier molecular flexibility index (Phi) is 5.07. The lowest BCUT2D eigenvalue weighted by molar-refractivity contribution is -0.126. The van der Waals surface area contributed by atoms with E-state index in [0.29, 0.717) is 5.92 Å². The summed E-state index contributed by atoms with van der Waals surface area (Å²) < 4.78 is 0. The smallest absolute Gasteiger partial charge is 0.260 e. The summed E-state index contributed by atoms with van der Waals surface area (Å²) in [5.41, 5.74) is 7.81. The third-order valence-electron chi connectivity index (χ3n) is 5.53. The number of carbonyl (C=O) groups is 1. The van der Waals surface area contributed by atoms with Gasteiger partial charge in [0.15, 0.2) is 12.4 Å². The molecule has 0 aromatic heterocycles. The van der Waals surface area contributed by atoms with Crippen LogP contribution in [0.5, 0.6) is 0 Å². The first-order valence-electron chi connectivity index (χ1n) is 8.84. The Hall–Kier alpha value is -2.04. The van der Waals surface area contributed by atoms with Crippen LogP contribution in [0.15, 0.2) is 29.4 Å². The standard InChI is InChI=1S/C19H27N3O2/c1-12-3-6-15(7-4-12)19(20)22-24-11-18(23)21-13(2)17-10-14-5-8-16(17)9-14/h3-4,6-7,13-14,16-17H,5,8-11H2,1-2H3,(H2,20,22)(H,21,23)/t13-,14+,16+,17-/m0/s1. The van der Waals surface area contributed by atoms with Crippen molar-refractivity contribution in [1.82, 2.24) is 5.32 Å². The number of hydrogen-bond donors (Lipinski definition) is 2. The minimum absolute atomic E-state index is 0.0995. The van der Waals surface area contributed by atoms with Gasteiger partial charge in [0.05, 0.1) is 0 Å². The number of carbonyl (C=O) groups excluding carboxylic acids is 1. The molecule has 5 heteroatoms. The topological polar surface area (TPSA) is 76.7 Å². The Bertz CT molecular complexity index is 612. The molecule has 2 aliphatic carbocycles. The molecule has 0 radical (unpaired) electrons. The molecule has 2 bridgehead atoms. The molecule has 130 valence electrons. The molecule has 5 nitrogen and oxygen atoms in total. The van der Waals surface area contributed by atoms with Gasteiger partial charge in [-0.3, -0.25) is 4.79 Å². The molecular formula is C19H27N3O2. The van der Waals surface area contributed by atoms with Crippen molar-refractivity contribution in [1.29, 1.82) is 0 Å². The highest BCUT2D eigenvalue weighted by Crippen LogP contribution is 2.49. The largest absolute Gasteiger partial charge is 0.384 e. The Morgan fingerprint density at radius 1 is 1.33 bits per heavy atom. The van der Waals surface area contributed by atoms with E-state index in [9.17, 15) is 4.79 Å². The monoisotopic (exact) mass is 329 g/mol. The normalized spacial score (nSPS) is 27.1. The number of amides is 1. The summed E-state index contributed by atoms with van der Waals surface area (Å²) in [7, 11) is 0. The zero-order chi connectivity index (χ0) is 17.1. The number of rotatable bonds is 6. The van der Waals surface area contributed by atoms with Crippen LogP contribution in [0.3, 0.4) is 0 Å². The predicted molar refractivity (Wildman–Crippen MR) is 94.4 cm³/mol. The molecule has 1 amide bonds. The van der Waals surface area contributed by atoms with Crippen LogP contribution in [-0.4, -0.2) is 24.4 Å². The maximum absolute atomic E-state index is 12.0. The second-order valence-corrected chi connectivity index (χ2v) is 7.31. The summed E-state index contributed by atoms with van der Waals surface area (Å²) in [4.78, 5) is 17.2. The van der Waals surface area contributed by atoms with Gasteiger partial charge < -0.3 is 15.9 Å². The van der Waals surface area contributed by atoms with Crippen LogP contribution in [0.4, 0.5) is 0 Å². The Morgan fingerprint density at radius 2 is 2.08 bits per heavy atom. The maximum atomic E-state index is 12.0. The molecule has 3 N–H and O–H groups in total. The van der Waals surface area contributed by atoms with E-state index in [2.05, 4.69) is 17.4 Å². The van der Waals surface area contributed by atoms with E-state index in [1.165, 1.54) is 25.7 Å². The van der Waals surface area contributed by atoms with Crippen LogP contribution in [-0.2, 0) is 9.63 Å². The van der Waals surface area contributed by atoms with Crippen LogP contribution in [0.2, 0.25) is 0 Å². The lowest BCUT2D eigenvalue weighted by Gasteiger charge is -2.28. The molecule has 3 rings (SSSR count). The highest BCUT2D eigenvalue weighted by molar-refractivity contribution is 5.97. The highest BCUT2D eigenvalue weighted by Gasteiger charge is 2.42. The van der Waals surface area contributed by atoms with Crippen LogP contribution in [0.1, 0.15) is 43.7 Å². The number of aryl methyl sites for hydroxylation is 1. The molecule has 1 aromatic rings. The van der Waals surface area contributed by atoms with Gasteiger partial charge >= 0.3 is 0 Å². The quantitative estimate of drug-likeness (QED) is 0.478. The predicted octanol–water partition coefficient (Wildman–Crippen LogP) is 2.57. The zero-order valence-electron chi connectivity index (χ0n) is 14.5. The fourth-order valence-corrected chi connectivity index (χ4v) is 4.25. The second-order valence-electron chi connectivity index (χ2n) is 7.31. The Balaban J connectivity index is 1.43. The molecule has 1 aromatic carbocycles. The van der Waals surface area contributed by atoms with Gasteiger partial charge in [-0.1, -0.05) is 41.4 Å². The third kappa shape index (κ3) is 3.89.